The first kappa shape index (κ1) is 13.0. The second-order valence-electron chi connectivity index (χ2n) is 4.33. The van der Waals surface area contributed by atoms with Crippen LogP contribution in [0.5, 0.6) is 17.2 Å². The molecule has 0 amide bonds. The number of hydrogen-bond donors (Lipinski definition) is 2. The molecule has 0 radical (unpaired) electrons. The number of ether oxygens (including phenoxy) is 1. The molecule has 0 aliphatic carbocycles. The maximum absolute atomic E-state index is 9.78. The molecule has 21 heavy (non-hydrogen) atoms. The van der Waals surface area contributed by atoms with Gasteiger partial charge in [-0.05, 0) is 30.3 Å². The third-order valence-electron chi connectivity index (χ3n) is 3.00. The smallest absolute Gasteiger partial charge is 0.261 e. The summed E-state index contributed by atoms with van der Waals surface area (Å²) in [6.07, 6.45) is 0. The molecule has 106 valence electrons. The molecule has 2 N–H and O–H groups in total. The predicted octanol–water partition coefficient (Wildman–Crippen LogP) is 2.82. The number of benzene rings is 2. The monoisotopic (exact) mass is 284 g/mol. The van der Waals surface area contributed by atoms with Crippen molar-refractivity contribution in [3.63, 3.8) is 0 Å². The first-order chi connectivity index (χ1) is 10.2. The third-order valence-corrected chi connectivity index (χ3v) is 3.00. The van der Waals surface area contributed by atoms with Gasteiger partial charge in [0.2, 0.25) is 5.82 Å². The van der Waals surface area contributed by atoms with Gasteiger partial charge in [0, 0.05) is 5.56 Å². The minimum atomic E-state index is 0.0330. The quantitative estimate of drug-likeness (QED) is 0.768. The van der Waals surface area contributed by atoms with Gasteiger partial charge in [-0.25, -0.2) is 0 Å². The summed E-state index contributed by atoms with van der Waals surface area (Å²) in [5.41, 5.74) is 1.09. The summed E-state index contributed by atoms with van der Waals surface area (Å²) >= 11 is 0. The minimum Gasteiger partial charge on any atom is -0.507 e. The van der Waals surface area contributed by atoms with Crippen molar-refractivity contribution in [2.75, 3.05) is 7.11 Å². The van der Waals surface area contributed by atoms with Gasteiger partial charge in [-0.15, -0.1) is 0 Å². The molecule has 0 saturated heterocycles. The zero-order valence-corrected chi connectivity index (χ0v) is 11.1. The molecule has 0 aliphatic rings. The molecule has 0 saturated carbocycles. The normalized spacial score (nSPS) is 10.5. The van der Waals surface area contributed by atoms with Crippen LogP contribution in [-0.2, 0) is 0 Å². The molecule has 1 aromatic heterocycles. The van der Waals surface area contributed by atoms with Gasteiger partial charge >= 0.3 is 0 Å². The molecule has 2 aromatic carbocycles. The summed E-state index contributed by atoms with van der Waals surface area (Å²) in [4.78, 5) is 4.24. The number of nitrogens with zero attached hydrogens (tertiary/aromatic N) is 2. The van der Waals surface area contributed by atoms with E-state index >= 15 is 0 Å². The van der Waals surface area contributed by atoms with Crippen LogP contribution in [-0.4, -0.2) is 27.5 Å². The van der Waals surface area contributed by atoms with Gasteiger partial charge in [0.05, 0.1) is 12.7 Å². The van der Waals surface area contributed by atoms with Crippen LogP contribution >= 0.6 is 0 Å². The molecule has 0 bridgehead atoms. The highest BCUT2D eigenvalue weighted by atomic mass is 16.5. The molecule has 6 heteroatoms. The van der Waals surface area contributed by atoms with E-state index in [-0.39, 0.29) is 17.4 Å². The molecule has 0 aliphatic heterocycles. The van der Waals surface area contributed by atoms with E-state index in [0.29, 0.717) is 22.7 Å². The van der Waals surface area contributed by atoms with Crippen LogP contribution in [0.2, 0.25) is 0 Å². The summed E-state index contributed by atoms with van der Waals surface area (Å²) < 4.78 is 10.2. The van der Waals surface area contributed by atoms with Crippen LogP contribution in [0.4, 0.5) is 0 Å². The first-order valence-electron chi connectivity index (χ1n) is 6.18. The van der Waals surface area contributed by atoms with Gasteiger partial charge in [-0.3, -0.25) is 0 Å². The highest BCUT2D eigenvalue weighted by molar-refractivity contribution is 5.66. The molecule has 6 nitrogen and oxygen atoms in total. The van der Waals surface area contributed by atoms with Crippen molar-refractivity contribution < 1.29 is 19.5 Å². The fourth-order valence-corrected chi connectivity index (χ4v) is 1.92. The Kier molecular flexibility index (Phi) is 3.19. The Morgan fingerprint density at radius 1 is 1.05 bits per heavy atom. The van der Waals surface area contributed by atoms with Crippen molar-refractivity contribution in [1.82, 2.24) is 10.1 Å². The van der Waals surface area contributed by atoms with Crippen LogP contribution in [0.15, 0.2) is 47.0 Å². The van der Waals surface area contributed by atoms with Gasteiger partial charge in [0.15, 0.2) is 11.5 Å². The van der Waals surface area contributed by atoms with E-state index < -0.39 is 0 Å². The van der Waals surface area contributed by atoms with Crippen molar-refractivity contribution in [3.05, 3.63) is 42.5 Å². The highest BCUT2D eigenvalue weighted by Gasteiger charge is 2.14. The summed E-state index contributed by atoms with van der Waals surface area (Å²) in [6, 6.07) is 11.5. The predicted molar refractivity (Wildman–Crippen MR) is 75.1 cm³/mol. The van der Waals surface area contributed by atoms with Crippen LogP contribution in [0, 0.1) is 0 Å². The van der Waals surface area contributed by atoms with Crippen LogP contribution in [0.25, 0.3) is 22.8 Å². The Bertz CT molecular complexity index is 783. The molecule has 3 aromatic rings. The number of aromatic hydroxyl groups is 2. The lowest BCUT2D eigenvalue weighted by molar-refractivity contribution is 0.373. The van der Waals surface area contributed by atoms with Crippen LogP contribution in [0.1, 0.15) is 0 Å². The average molecular weight is 284 g/mol. The Labute approximate surface area is 120 Å². The fraction of sp³-hybridized carbons (Fsp3) is 0.0667. The van der Waals surface area contributed by atoms with Crippen molar-refractivity contribution in [2.24, 2.45) is 0 Å². The van der Waals surface area contributed by atoms with Gasteiger partial charge in [-0.2, -0.15) is 4.98 Å². The molecular formula is C15H12N2O4. The minimum absolute atomic E-state index is 0.0330. The van der Waals surface area contributed by atoms with Crippen molar-refractivity contribution in [3.8, 4) is 40.1 Å². The van der Waals surface area contributed by atoms with Crippen molar-refractivity contribution in [2.45, 2.75) is 0 Å². The van der Waals surface area contributed by atoms with E-state index in [4.69, 9.17) is 9.26 Å². The van der Waals surface area contributed by atoms with E-state index in [1.165, 1.54) is 13.2 Å². The first-order valence-corrected chi connectivity index (χ1v) is 6.18. The summed E-state index contributed by atoms with van der Waals surface area (Å²) in [5, 5.41) is 23.2. The topological polar surface area (TPSA) is 88.6 Å². The van der Waals surface area contributed by atoms with E-state index in [1.54, 1.807) is 36.4 Å². The number of para-hydroxylation sites is 1. The third kappa shape index (κ3) is 2.38. The highest BCUT2D eigenvalue weighted by Crippen LogP contribution is 2.32. The van der Waals surface area contributed by atoms with Crippen LogP contribution < -0.4 is 4.74 Å². The molecule has 1 heterocycles. The fourth-order valence-electron chi connectivity index (χ4n) is 1.92. The maximum atomic E-state index is 9.78. The van der Waals surface area contributed by atoms with Gasteiger partial charge in [0.25, 0.3) is 5.89 Å². The maximum Gasteiger partial charge on any atom is 0.261 e. The lowest BCUT2D eigenvalue weighted by atomic mass is 10.2. The van der Waals surface area contributed by atoms with Crippen molar-refractivity contribution in [1.29, 1.82) is 0 Å². The lowest BCUT2D eigenvalue weighted by Gasteiger charge is -2.03. The molecule has 0 fully saturated rings. The van der Waals surface area contributed by atoms with E-state index in [1.807, 2.05) is 0 Å². The Balaban J connectivity index is 2.01. The number of methoxy groups -OCH3 is 1. The number of phenols is 2. The second kappa shape index (κ2) is 5.16. The summed E-state index contributed by atoms with van der Waals surface area (Å²) in [6.45, 7) is 0. The summed E-state index contributed by atoms with van der Waals surface area (Å²) in [7, 11) is 1.46. The standard InChI is InChI=1S/C15H12N2O4/c1-20-13-8-9(6-7-12(13)19)14-16-15(21-17-14)10-4-2-3-5-11(10)18/h2-8,18-19H,1H3. The number of aromatic nitrogens is 2. The van der Waals surface area contributed by atoms with Gasteiger partial charge < -0.3 is 19.5 Å². The number of hydrogen-bond acceptors (Lipinski definition) is 6. The largest absolute Gasteiger partial charge is 0.507 e. The molecular weight excluding hydrogens is 272 g/mol. The zero-order valence-electron chi connectivity index (χ0n) is 11.1. The van der Waals surface area contributed by atoms with E-state index in [0.717, 1.165) is 0 Å². The Morgan fingerprint density at radius 2 is 1.86 bits per heavy atom. The van der Waals surface area contributed by atoms with Gasteiger partial charge in [0.1, 0.15) is 5.75 Å². The van der Waals surface area contributed by atoms with Crippen LogP contribution in [0.3, 0.4) is 0 Å². The molecule has 0 unspecified atom stereocenters. The number of phenolic OH excluding ortho intramolecular Hbond substituents is 2. The second-order valence-corrected chi connectivity index (χ2v) is 4.33. The Morgan fingerprint density at radius 3 is 2.62 bits per heavy atom. The average Bonchev–Trinajstić information content (AvgIpc) is 2.98. The molecule has 0 spiro atoms. The van der Waals surface area contributed by atoms with Gasteiger partial charge in [-0.1, -0.05) is 17.3 Å². The zero-order chi connectivity index (χ0) is 14.8. The van der Waals surface area contributed by atoms with E-state index in [2.05, 4.69) is 10.1 Å². The SMILES string of the molecule is COc1cc(-c2noc(-c3ccccc3O)n2)ccc1O. The summed E-state index contributed by atoms with van der Waals surface area (Å²) in [5.74, 6) is 0.977. The molecule has 3 rings (SSSR count). The number of rotatable bonds is 3. The molecule has 0 atom stereocenters. The Hall–Kier alpha value is -3.02. The van der Waals surface area contributed by atoms with E-state index in [9.17, 15) is 10.2 Å². The van der Waals surface area contributed by atoms with Crippen molar-refractivity contribution >= 4 is 0 Å². The lowest BCUT2D eigenvalue weighted by Crippen LogP contribution is -1.86.